The van der Waals surface area contributed by atoms with Crippen molar-refractivity contribution in [2.24, 2.45) is 0 Å². The second kappa shape index (κ2) is 12.6. The van der Waals surface area contributed by atoms with Crippen molar-refractivity contribution in [3.63, 3.8) is 0 Å². The Morgan fingerprint density at radius 2 is 2.14 bits per heavy atom. The van der Waals surface area contributed by atoms with E-state index in [0.29, 0.717) is 5.13 Å². The number of alkyl halides is 2. The van der Waals surface area contributed by atoms with Crippen molar-refractivity contribution in [2.75, 3.05) is 31.9 Å². The molecule has 6 rings (SSSR count). The van der Waals surface area contributed by atoms with Crippen LogP contribution in [0, 0.1) is 0 Å². The number of nitrogens with zero attached hydrogens (tertiary/aromatic N) is 6. The van der Waals surface area contributed by atoms with Crippen LogP contribution in [-0.2, 0) is 22.6 Å². The van der Waals surface area contributed by atoms with Crippen LogP contribution < -0.4 is 11.1 Å². The number of carbonyl (C=O) groups excluding carboxylic acids is 3. The molecule has 4 N–H and O–H groups in total. The minimum absolute atomic E-state index is 0.0784. The average molecular weight is 657 g/mol. The first-order chi connectivity index (χ1) is 21.2. The summed E-state index contributed by atoms with van der Waals surface area (Å²) in [7, 11) is 0. The Labute approximate surface area is 267 Å². The van der Waals surface area contributed by atoms with E-state index in [9.17, 15) is 14.4 Å². The standard InChI is InChI=1S/C29H31Cl2N9O3S/c1-2-8-38(29(43)34-11-17-6-7-20(30)21(31)9-17)39-15-25(41)40-22(10-19-12-33-16-35-19)27(42)37(14-24(39)40)13-18-4-3-5-23-26(18)36-28(32)44-23/h2-7,9,12,16,20-22,24H,1,8,10-11,13-15H2,(H2,32,36)(H,33,35)(H,34,43)/t20?,21?,22-,24+/m0/s1. The van der Waals surface area contributed by atoms with E-state index in [4.69, 9.17) is 28.9 Å². The monoisotopic (exact) mass is 655 g/mol. The second-order valence-electron chi connectivity index (χ2n) is 10.7. The number of halogens is 2. The van der Waals surface area contributed by atoms with Crippen LogP contribution in [0.2, 0.25) is 0 Å². The molecule has 0 radical (unpaired) electrons. The topological polar surface area (TPSA) is 144 Å². The van der Waals surface area contributed by atoms with Gasteiger partial charge in [0.25, 0.3) is 0 Å². The van der Waals surface area contributed by atoms with Crippen molar-refractivity contribution >= 4 is 67.7 Å². The zero-order chi connectivity index (χ0) is 31.0. The third-order valence-corrected chi connectivity index (χ3v) is 9.67. The lowest BCUT2D eigenvalue weighted by atomic mass is 10.0. The Morgan fingerprint density at radius 1 is 1.30 bits per heavy atom. The Balaban J connectivity index is 1.28. The van der Waals surface area contributed by atoms with E-state index in [1.165, 1.54) is 22.7 Å². The number of anilines is 1. The van der Waals surface area contributed by atoms with Crippen LogP contribution >= 0.6 is 34.5 Å². The Kier molecular flexibility index (Phi) is 8.63. The molecule has 0 bridgehead atoms. The number of nitrogens with one attached hydrogen (secondary N) is 2. The van der Waals surface area contributed by atoms with Crippen molar-refractivity contribution in [1.29, 1.82) is 0 Å². The minimum Gasteiger partial charge on any atom is -0.375 e. The van der Waals surface area contributed by atoms with Gasteiger partial charge in [-0.1, -0.05) is 47.8 Å². The highest BCUT2D eigenvalue weighted by atomic mass is 35.5. The predicted octanol–water partition coefficient (Wildman–Crippen LogP) is 2.85. The van der Waals surface area contributed by atoms with Gasteiger partial charge in [-0.2, -0.15) is 5.01 Å². The highest BCUT2D eigenvalue weighted by molar-refractivity contribution is 7.22. The summed E-state index contributed by atoms with van der Waals surface area (Å²) in [5.41, 5.74) is 9.12. The molecule has 4 heterocycles. The van der Waals surface area contributed by atoms with Gasteiger partial charge in [-0.05, 0) is 17.2 Å². The number of carbonyl (C=O) groups is 3. The lowest BCUT2D eigenvalue weighted by Crippen LogP contribution is -2.66. The first-order valence-electron chi connectivity index (χ1n) is 14.0. The number of nitrogen functional groups attached to an aromatic ring is 1. The number of imidazole rings is 1. The van der Waals surface area contributed by atoms with Gasteiger partial charge in [0.15, 0.2) is 5.13 Å². The number of para-hydroxylation sites is 1. The number of fused-ring (bicyclic) bond motifs is 2. The van der Waals surface area contributed by atoms with Gasteiger partial charge >= 0.3 is 6.03 Å². The zero-order valence-electron chi connectivity index (χ0n) is 23.6. The number of benzene rings is 1. The fourth-order valence-corrected chi connectivity index (χ4v) is 7.01. The Morgan fingerprint density at radius 3 is 2.89 bits per heavy atom. The number of piperazine rings is 1. The summed E-state index contributed by atoms with van der Waals surface area (Å²) in [4.78, 5) is 56.2. The number of hydrazine groups is 1. The number of hydrogen-bond donors (Lipinski definition) is 3. The van der Waals surface area contributed by atoms with Crippen LogP contribution in [0.5, 0.6) is 0 Å². The number of hydrogen-bond acceptors (Lipinski definition) is 8. The van der Waals surface area contributed by atoms with E-state index >= 15 is 0 Å². The maximum atomic E-state index is 14.0. The molecule has 0 saturated carbocycles. The van der Waals surface area contributed by atoms with Gasteiger partial charge in [-0.3, -0.25) is 14.6 Å². The van der Waals surface area contributed by atoms with E-state index in [1.54, 1.807) is 39.2 Å². The number of amides is 4. The highest BCUT2D eigenvalue weighted by Crippen LogP contribution is 2.32. The number of rotatable bonds is 9. The summed E-state index contributed by atoms with van der Waals surface area (Å²) in [5.74, 6) is -0.449. The number of thiazole rings is 1. The molecule has 2 fully saturated rings. The first kappa shape index (κ1) is 30.1. The molecule has 12 nitrogen and oxygen atoms in total. The SMILES string of the molecule is C=CCN(C(=O)NCC1=CC(Cl)C(Cl)C=C1)N1CC(=O)N2[C@@H](Cc3cnc[nH]3)C(=O)N(Cc3cccc4sc(N)nc34)C[C@@H]21. The quantitative estimate of drug-likeness (QED) is 0.238. The summed E-state index contributed by atoms with van der Waals surface area (Å²) < 4.78 is 0.927. The molecule has 2 saturated heterocycles. The van der Waals surface area contributed by atoms with Crippen LogP contribution in [0.25, 0.3) is 10.2 Å². The van der Waals surface area contributed by atoms with E-state index in [1.807, 2.05) is 24.3 Å². The third kappa shape index (κ3) is 5.92. The lowest BCUT2D eigenvalue weighted by Gasteiger charge is -2.46. The van der Waals surface area contributed by atoms with Crippen LogP contribution in [0.4, 0.5) is 9.93 Å². The van der Waals surface area contributed by atoms with E-state index < -0.39 is 18.2 Å². The fraction of sp³-hybridized carbons (Fsp3) is 0.345. The van der Waals surface area contributed by atoms with Crippen LogP contribution in [0.3, 0.4) is 0 Å². The van der Waals surface area contributed by atoms with Crippen molar-refractivity contribution in [3.8, 4) is 0 Å². The molecule has 0 spiro atoms. The summed E-state index contributed by atoms with van der Waals surface area (Å²) in [6.07, 6.45) is 9.84. The molecule has 15 heteroatoms. The smallest absolute Gasteiger partial charge is 0.332 e. The van der Waals surface area contributed by atoms with Gasteiger partial charge in [0.05, 0.1) is 46.9 Å². The number of aromatic nitrogens is 3. The molecule has 3 aromatic rings. The Bertz CT molecular complexity index is 1640. The van der Waals surface area contributed by atoms with Gasteiger partial charge in [-0.25, -0.2) is 14.8 Å². The van der Waals surface area contributed by atoms with Crippen molar-refractivity contribution < 1.29 is 14.4 Å². The maximum absolute atomic E-state index is 14.0. The molecule has 4 atom stereocenters. The number of aromatic amines is 1. The predicted molar refractivity (Wildman–Crippen MR) is 170 cm³/mol. The number of allylic oxidation sites excluding steroid dienone is 2. The van der Waals surface area contributed by atoms with Crippen LogP contribution in [-0.4, -0.2) is 102 Å². The molecular formula is C29H31Cl2N9O3S. The number of nitrogens with two attached hydrogens (primary N) is 1. The molecule has 4 amide bonds. The third-order valence-electron chi connectivity index (χ3n) is 7.88. The fourth-order valence-electron chi connectivity index (χ4n) is 5.84. The van der Waals surface area contributed by atoms with Crippen molar-refractivity contribution in [3.05, 3.63) is 78.4 Å². The molecule has 44 heavy (non-hydrogen) atoms. The molecule has 1 aromatic carbocycles. The minimum atomic E-state index is -0.804. The summed E-state index contributed by atoms with van der Waals surface area (Å²) in [6, 6.07) is 4.56. The van der Waals surface area contributed by atoms with Gasteiger partial charge in [-0.15, -0.1) is 29.8 Å². The lowest BCUT2D eigenvalue weighted by molar-refractivity contribution is -0.157. The second-order valence-corrected chi connectivity index (χ2v) is 12.8. The zero-order valence-corrected chi connectivity index (χ0v) is 25.9. The largest absolute Gasteiger partial charge is 0.375 e. The van der Waals surface area contributed by atoms with Gasteiger partial charge < -0.3 is 25.8 Å². The highest BCUT2D eigenvalue weighted by Gasteiger charge is 2.52. The molecular weight excluding hydrogens is 625 g/mol. The van der Waals surface area contributed by atoms with Gasteiger partial charge in [0.1, 0.15) is 12.2 Å². The van der Waals surface area contributed by atoms with E-state index in [0.717, 1.165) is 27.0 Å². The van der Waals surface area contributed by atoms with Crippen molar-refractivity contribution in [2.45, 2.75) is 35.9 Å². The van der Waals surface area contributed by atoms with Gasteiger partial charge in [0.2, 0.25) is 11.8 Å². The number of H-pyrrole nitrogens is 1. The Hall–Kier alpha value is -3.91. The van der Waals surface area contributed by atoms with E-state index in [-0.39, 0.29) is 61.7 Å². The number of urea groups is 1. The molecule has 1 aliphatic carbocycles. The van der Waals surface area contributed by atoms with E-state index in [2.05, 4.69) is 26.8 Å². The molecule has 2 aromatic heterocycles. The average Bonchev–Trinajstić information content (AvgIpc) is 3.73. The molecule has 2 aliphatic heterocycles. The first-order valence-corrected chi connectivity index (χ1v) is 15.7. The van der Waals surface area contributed by atoms with Crippen LogP contribution in [0.15, 0.2) is 67.2 Å². The maximum Gasteiger partial charge on any atom is 0.332 e. The summed E-state index contributed by atoms with van der Waals surface area (Å²) in [6.45, 7) is 4.57. The van der Waals surface area contributed by atoms with Crippen molar-refractivity contribution in [1.82, 2.24) is 40.1 Å². The molecule has 2 unspecified atom stereocenters. The summed E-state index contributed by atoms with van der Waals surface area (Å²) >= 11 is 13.8. The van der Waals surface area contributed by atoms with Gasteiger partial charge in [0, 0.05) is 31.4 Å². The normalized spacial score (nSPS) is 23.6. The van der Waals surface area contributed by atoms with Crippen LogP contribution in [0.1, 0.15) is 11.3 Å². The molecule has 3 aliphatic rings. The molecule has 230 valence electrons. The summed E-state index contributed by atoms with van der Waals surface area (Å²) in [5, 5.41) is 5.85.